The third-order valence-corrected chi connectivity index (χ3v) is 4.95. The average Bonchev–Trinajstić information content (AvgIpc) is 2.74. The lowest BCUT2D eigenvalue weighted by Gasteiger charge is -2.28. The van der Waals surface area contributed by atoms with Gasteiger partial charge in [-0.2, -0.15) is 0 Å². The molecule has 3 aromatic rings. The second-order valence-corrected chi connectivity index (χ2v) is 7.25. The van der Waals surface area contributed by atoms with Crippen LogP contribution in [0.1, 0.15) is 36.1 Å². The molecule has 0 aromatic heterocycles. The first-order chi connectivity index (χ1) is 13.6. The third kappa shape index (κ3) is 5.66. The Labute approximate surface area is 169 Å². The fraction of sp³-hybridized carbons (Fsp3) is 0.231. The summed E-state index contributed by atoms with van der Waals surface area (Å²) in [5, 5.41) is 0. The molecule has 3 aromatic carbocycles. The third-order valence-electron chi connectivity index (χ3n) is 4.95. The van der Waals surface area contributed by atoms with Crippen LogP contribution in [0, 0.1) is 0 Å². The molecule has 0 aliphatic carbocycles. The summed E-state index contributed by atoms with van der Waals surface area (Å²) in [6.07, 6.45) is 3.09. The van der Waals surface area contributed by atoms with Crippen LogP contribution in [0.15, 0.2) is 91.0 Å². The largest absolute Gasteiger partial charge is 0.355 e. The first kappa shape index (κ1) is 20.1. The van der Waals surface area contributed by atoms with E-state index in [9.17, 15) is 0 Å². The van der Waals surface area contributed by atoms with Crippen molar-refractivity contribution in [3.63, 3.8) is 0 Å². The smallest absolute Gasteiger partial charge is 0.108 e. The number of hydrogen-bond donors (Lipinski definition) is 0. The van der Waals surface area contributed by atoms with Crippen molar-refractivity contribution in [3.8, 4) is 0 Å². The minimum atomic E-state index is -0.0197. The Bertz CT molecular complexity index is 857. The first-order valence-electron chi connectivity index (χ1n) is 9.81. The van der Waals surface area contributed by atoms with E-state index in [1.807, 2.05) is 26.2 Å². The van der Waals surface area contributed by atoms with Gasteiger partial charge in [0, 0.05) is 6.42 Å². The number of hydrogen-bond acceptors (Lipinski definition) is 2. The molecule has 2 nitrogen and oxygen atoms in total. The van der Waals surface area contributed by atoms with E-state index in [-0.39, 0.29) is 12.3 Å². The van der Waals surface area contributed by atoms with Gasteiger partial charge in [-0.15, -0.1) is 0 Å². The predicted molar refractivity (Wildman–Crippen MR) is 119 cm³/mol. The predicted octanol–water partition coefficient (Wildman–Crippen LogP) is 6.28. The number of ether oxygens (including phenoxy) is 1. The summed E-state index contributed by atoms with van der Waals surface area (Å²) in [6.45, 7) is 2.10. The Morgan fingerprint density at radius 2 is 1.36 bits per heavy atom. The normalized spacial score (nSPS) is 14.1. The van der Waals surface area contributed by atoms with Gasteiger partial charge in [0.2, 0.25) is 0 Å². The van der Waals surface area contributed by atoms with E-state index in [4.69, 9.17) is 4.74 Å². The molecule has 2 heteroatoms. The summed E-state index contributed by atoms with van der Waals surface area (Å²) in [5.41, 5.74) is 4.90. The molecule has 0 radical (unpaired) electrons. The molecule has 0 spiro atoms. The van der Waals surface area contributed by atoms with E-state index in [2.05, 4.69) is 96.8 Å². The van der Waals surface area contributed by atoms with Crippen LogP contribution in [0.25, 0.3) is 11.6 Å². The van der Waals surface area contributed by atoms with Crippen LogP contribution in [0.3, 0.4) is 0 Å². The van der Waals surface area contributed by atoms with Crippen LogP contribution in [0.2, 0.25) is 0 Å². The molecule has 0 aliphatic rings. The van der Waals surface area contributed by atoms with Gasteiger partial charge >= 0.3 is 0 Å². The maximum atomic E-state index is 6.47. The Balaban J connectivity index is 1.96. The topological polar surface area (TPSA) is 12.5 Å². The van der Waals surface area contributed by atoms with Crippen molar-refractivity contribution in [2.45, 2.75) is 25.7 Å². The van der Waals surface area contributed by atoms with Crippen molar-refractivity contribution in [3.05, 3.63) is 108 Å². The van der Waals surface area contributed by atoms with Gasteiger partial charge in [0.25, 0.3) is 0 Å². The SMILES string of the molecule is CC(OC(CC(=Cc1ccccc1)c1ccccc1)c1ccccc1)N(C)C. The van der Waals surface area contributed by atoms with Crippen LogP contribution in [-0.4, -0.2) is 25.2 Å². The summed E-state index contributed by atoms with van der Waals surface area (Å²) in [6, 6.07) is 31.6. The Hall–Kier alpha value is -2.68. The summed E-state index contributed by atoms with van der Waals surface area (Å²) in [7, 11) is 4.09. The van der Waals surface area contributed by atoms with E-state index in [0.29, 0.717) is 0 Å². The van der Waals surface area contributed by atoms with Gasteiger partial charge in [-0.3, -0.25) is 4.90 Å². The molecule has 3 rings (SSSR count). The van der Waals surface area contributed by atoms with Gasteiger partial charge in [0.1, 0.15) is 6.23 Å². The summed E-state index contributed by atoms with van der Waals surface area (Å²) in [4.78, 5) is 2.10. The van der Waals surface area contributed by atoms with E-state index in [0.717, 1.165) is 6.42 Å². The van der Waals surface area contributed by atoms with Gasteiger partial charge in [-0.05, 0) is 43.3 Å². The highest BCUT2D eigenvalue weighted by atomic mass is 16.5. The first-order valence-corrected chi connectivity index (χ1v) is 9.81. The molecule has 144 valence electrons. The molecule has 0 fully saturated rings. The van der Waals surface area contributed by atoms with Gasteiger partial charge in [0.05, 0.1) is 6.10 Å². The maximum Gasteiger partial charge on any atom is 0.108 e. The van der Waals surface area contributed by atoms with Gasteiger partial charge in [-0.25, -0.2) is 0 Å². The molecule has 2 atom stereocenters. The van der Waals surface area contributed by atoms with Crippen molar-refractivity contribution in [2.24, 2.45) is 0 Å². The summed E-state index contributed by atoms with van der Waals surface area (Å²) in [5.74, 6) is 0. The van der Waals surface area contributed by atoms with E-state index < -0.39 is 0 Å². The Morgan fingerprint density at radius 3 is 1.93 bits per heavy atom. The highest BCUT2D eigenvalue weighted by Crippen LogP contribution is 2.32. The van der Waals surface area contributed by atoms with E-state index >= 15 is 0 Å². The zero-order valence-electron chi connectivity index (χ0n) is 17.0. The van der Waals surface area contributed by atoms with Crippen molar-refractivity contribution in [2.75, 3.05) is 14.1 Å². The molecule has 0 aliphatic heterocycles. The lowest BCUT2D eigenvalue weighted by molar-refractivity contribution is -0.0704. The van der Waals surface area contributed by atoms with Crippen LogP contribution in [-0.2, 0) is 4.74 Å². The monoisotopic (exact) mass is 371 g/mol. The van der Waals surface area contributed by atoms with E-state index in [1.54, 1.807) is 0 Å². The van der Waals surface area contributed by atoms with Crippen LogP contribution in [0.4, 0.5) is 0 Å². The molecular formula is C26H29NO. The molecular weight excluding hydrogens is 342 g/mol. The van der Waals surface area contributed by atoms with Gasteiger partial charge in [0.15, 0.2) is 0 Å². The summed E-state index contributed by atoms with van der Waals surface area (Å²) >= 11 is 0. The second kappa shape index (κ2) is 10.0. The minimum absolute atomic E-state index is 0.0197. The van der Waals surface area contributed by atoms with Gasteiger partial charge in [-0.1, -0.05) is 97.1 Å². The summed E-state index contributed by atoms with van der Waals surface area (Å²) < 4.78 is 6.47. The Kier molecular flexibility index (Phi) is 7.18. The minimum Gasteiger partial charge on any atom is -0.355 e. The quantitative estimate of drug-likeness (QED) is 0.341. The van der Waals surface area contributed by atoms with Gasteiger partial charge < -0.3 is 4.74 Å². The standard InChI is InChI=1S/C26H29NO/c1-21(27(2)3)28-26(24-17-11-6-12-18-24)20-25(23-15-9-5-10-16-23)19-22-13-7-4-8-14-22/h4-19,21,26H,20H2,1-3H3. The molecule has 0 N–H and O–H groups in total. The van der Waals surface area contributed by atoms with E-state index in [1.165, 1.54) is 22.3 Å². The molecule has 0 amide bonds. The molecule has 0 bridgehead atoms. The maximum absolute atomic E-state index is 6.47. The molecule has 2 unspecified atom stereocenters. The zero-order chi connectivity index (χ0) is 19.8. The number of nitrogens with zero attached hydrogens (tertiary/aromatic N) is 1. The van der Waals surface area contributed by atoms with Crippen LogP contribution < -0.4 is 0 Å². The van der Waals surface area contributed by atoms with Crippen LogP contribution >= 0.6 is 0 Å². The molecule has 0 saturated heterocycles. The zero-order valence-corrected chi connectivity index (χ0v) is 17.0. The van der Waals surface area contributed by atoms with Crippen molar-refractivity contribution >= 4 is 11.6 Å². The highest BCUT2D eigenvalue weighted by molar-refractivity contribution is 5.81. The number of benzene rings is 3. The molecule has 0 saturated carbocycles. The highest BCUT2D eigenvalue weighted by Gasteiger charge is 2.19. The fourth-order valence-corrected chi connectivity index (χ4v) is 3.13. The second-order valence-electron chi connectivity index (χ2n) is 7.25. The molecule has 0 heterocycles. The Morgan fingerprint density at radius 1 is 0.821 bits per heavy atom. The lowest BCUT2D eigenvalue weighted by atomic mass is 9.94. The molecule has 28 heavy (non-hydrogen) atoms. The number of rotatable bonds is 8. The van der Waals surface area contributed by atoms with Crippen molar-refractivity contribution in [1.29, 1.82) is 0 Å². The van der Waals surface area contributed by atoms with Crippen molar-refractivity contribution in [1.82, 2.24) is 4.90 Å². The lowest BCUT2D eigenvalue weighted by Crippen LogP contribution is -2.29. The average molecular weight is 372 g/mol. The van der Waals surface area contributed by atoms with Crippen LogP contribution in [0.5, 0.6) is 0 Å². The van der Waals surface area contributed by atoms with Crippen molar-refractivity contribution < 1.29 is 4.74 Å². The fourth-order valence-electron chi connectivity index (χ4n) is 3.13.